The van der Waals surface area contributed by atoms with Gasteiger partial charge in [0.15, 0.2) is 11.0 Å². The second-order valence-corrected chi connectivity index (χ2v) is 8.93. The van der Waals surface area contributed by atoms with Crippen molar-refractivity contribution in [2.75, 3.05) is 11.1 Å². The predicted octanol–water partition coefficient (Wildman–Crippen LogP) is 4.95. The number of aromatic nitrogens is 3. The number of benzene rings is 2. The van der Waals surface area contributed by atoms with Crippen molar-refractivity contribution in [2.45, 2.75) is 38.5 Å². The molecule has 1 aromatic heterocycles. The van der Waals surface area contributed by atoms with Gasteiger partial charge in [0.05, 0.1) is 28.1 Å². The summed E-state index contributed by atoms with van der Waals surface area (Å²) >= 11 is 7.36. The van der Waals surface area contributed by atoms with Gasteiger partial charge in [-0.2, -0.15) is 0 Å². The maximum absolute atomic E-state index is 13.8. The van der Waals surface area contributed by atoms with Crippen LogP contribution in [0.2, 0.25) is 5.02 Å². The Balaban J connectivity index is 1.73. The van der Waals surface area contributed by atoms with Crippen molar-refractivity contribution in [1.29, 1.82) is 0 Å². The maximum atomic E-state index is 13.8. The van der Waals surface area contributed by atoms with Crippen LogP contribution in [-0.4, -0.2) is 32.3 Å². The van der Waals surface area contributed by atoms with Crippen molar-refractivity contribution < 1.29 is 14.0 Å². The van der Waals surface area contributed by atoms with E-state index < -0.39 is 11.9 Å². The van der Waals surface area contributed by atoms with Gasteiger partial charge in [0.2, 0.25) is 5.91 Å². The molecule has 33 heavy (non-hydrogen) atoms. The highest BCUT2D eigenvalue weighted by atomic mass is 35.5. The number of anilines is 1. The van der Waals surface area contributed by atoms with Crippen LogP contribution in [0.25, 0.3) is 0 Å². The molecule has 1 heterocycles. The molecule has 0 fully saturated rings. The molecule has 2 N–H and O–H groups in total. The first-order chi connectivity index (χ1) is 15.8. The van der Waals surface area contributed by atoms with Crippen molar-refractivity contribution in [1.82, 2.24) is 20.1 Å². The number of thioether (sulfide) groups is 1. The van der Waals surface area contributed by atoms with Gasteiger partial charge in [0, 0.05) is 6.54 Å². The highest BCUT2D eigenvalue weighted by Crippen LogP contribution is 2.26. The number of rotatable bonds is 9. The molecule has 10 heteroatoms. The van der Waals surface area contributed by atoms with Crippen LogP contribution in [0.4, 0.5) is 10.1 Å². The summed E-state index contributed by atoms with van der Waals surface area (Å²) in [6, 6.07) is 12.4. The summed E-state index contributed by atoms with van der Waals surface area (Å²) in [6.07, 6.45) is 0. The van der Waals surface area contributed by atoms with Gasteiger partial charge >= 0.3 is 0 Å². The van der Waals surface area contributed by atoms with Crippen molar-refractivity contribution in [3.8, 4) is 0 Å². The van der Waals surface area contributed by atoms with Crippen molar-refractivity contribution in [3.05, 3.63) is 70.8 Å². The third-order valence-corrected chi connectivity index (χ3v) is 6.19. The van der Waals surface area contributed by atoms with Gasteiger partial charge in [-0.15, -0.1) is 10.2 Å². The molecule has 0 aliphatic rings. The molecule has 1 atom stereocenters. The molecular formula is C23H25ClFN5O2S. The summed E-state index contributed by atoms with van der Waals surface area (Å²) in [5.41, 5.74) is 0.509. The molecule has 0 spiro atoms. The Morgan fingerprint density at radius 2 is 1.82 bits per heavy atom. The second kappa shape index (κ2) is 11.3. The van der Waals surface area contributed by atoms with E-state index in [9.17, 15) is 14.0 Å². The normalized spacial score (nSPS) is 11.9. The van der Waals surface area contributed by atoms with E-state index >= 15 is 0 Å². The van der Waals surface area contributed by atoms with Gasteiger partial charge in [-0.1, -0.05) is 61.5 Å². The largest absolute Gasteiger partial charge is 0.342 e. The first kappa shape index (κ1) is 24.7. The number of para-hydroxylation sites is 1. The third kappa shape index (κ3) is 6.11. The van der Waals surface area contributed by atoms with E-state index in [0.29, 0.717) is 28.1 Å². The van der Waals surface area contributed by atoms with Crippen molar-refractivity contribution >= 4 is 40.9 Å². The van der Waals surface area contributed by atoms with Crippen molar-refractivity contribution in [3.63, 3.8) is 0 Å². The summed E-state index contributed by atoms with van der Waals surface area (Å²) in [6.45, 7) is 6.43. The lowest BCUT2D eigenvalue weighted by atomic mass is 10.0. The molecule has 0 aliphatic heterocycles. The van der Waals surface area contributed by atoms with Gasteiger partial charge in [0.25, 0.3) is 5.91 Å². The SMILES string of the molecule is CCn1c(SCC(=O)Nc2ccccc2F)nnc1C(NC(=O)c1ccccc1Cl)C(C)C. The number of carbonyl (C=O) groups is 2. The number of amides is 2. The lowest BCUT2D eigenvalue weighted by Crippen LogP contribution is -2.34. The molecule has 1 unspecified atom stereocenters. The Bertz CT molecular complexity index is 1140. The molecule has 7 nitrogen and oxygen atoms in total. The minimum absolute atomic E-state index is 0.0214. The predicted molar refractivity (Wildman–Crippen MR) is 128 cm³/mol. The monoisotopic (exact) mass is 489 g/mol. The molecule has 0 saturated carbocycles. The number of carbonyl (C=O) groups excluding carboxylic acids is 2. The lowest BCUT2D eigenvalue weighted by molar-refractivity contribution is -0.113. The van der Waals surface area contributed by atoms with Crippen LogP contribution in [0.15, 0.2) is 53.7 Å². The minimum Gasteiger partial charge on any atom is -0.342 e. The maximum Gasteiger partial charge on any atom is 0.253 e. The van der Waals surface area contributed by atoms with E-state index in [-0.39, 0.29) is 29.2 Å². The van der Waals surface area contributed by atoms with E-state index in [1.165, 1.54) is 23.9 Å². The van der Waals surface area contributed by atoms with Crippen molar-refractivity contribution in [2.24, 2.45) is 5.92 Å². The first-order valence-corrected chi connectivity index (χ1v) is 11.8. The number of halogens is 2. The standard InChI is InChI=1S/C23H25ClFN5O2S/c1-4-30-21(20(14(2)3)27-22(32)15-9-5-6-10-16(15)24)28-29-23(30)33-13-19(31)26-18-12-8-7-11-17(18)25/h5-12,14,20H,4,13H2,1-3H3,(H,26,31)(H,27,32). The highest BCUT2D eigenvalue weighted by Gasteiger charge is 2.26. The van der Waals surface area contributed by atoms with Crippen LogP contribution >= 0.6 is 23.4 Å². The van der Waals surface area contributed by atoms with E-state index in [4.69, 9.17) is 11.6 Å². The van der Waals surface area contributed by atoms with Gasteiger partial charge in [-0.05, 0) is 37.1 Å². The number of nitrogens with zero attached hydrogens (tertiary/aromatic N) is 3. The Morgan fingerprint density at radius 3 is 2.48 bits per heavy atom. The Labute approximate surface area is 201 Å². The summed E-state index contributed by atoms with van der Waals surface area (Å²) < 4.78 is 15.6. The van der Waals surface area contributed by atoms with Gasteiger partial charge in [0.1, 0.15) is 5.82 Å². The average Bonchev–Trinajstić information content (AvgIpc) is 3.20. The Kier molecular flexibility index (Phi) is 8.46. The first-order valence-electron chi connectivity index (χ1n) is 10.5. The van der Waals surface area contributed by atoms with Crippen LogP contribution in [0, 0.1) is 11.7 Å². The Hall–Kier alpha value is -2.91. The molecule has 0 radical (unpaired) electrons. The summed E-state index contributed by atoms with van der Waals surface area (Å²) in [5, 5.41) is 15.0. The van der Waals surface area contributed by atoms with Crippen LogP contribution in [-0.2, 0) is 11.3 Å². The molecule has 3 aromatic rings. The molecule has 0 aliphatic carbocycles. The highest BCUT2D eigenvalue weighted by molar-refractivity contribution is 7.99. The van der Waals surface area contributed by atoms with Crippen LogP contribution in [0.1, 0.15) is 43.0 Å². The fourth-order valence-corrected chi connectivity index (χ4v) is 4.24. The van der Waals surface area contributed by atoms with E-state index in [1.807, 2.05) is 25.3 Å². The van der Waals surface area contributed by atoms with E-state index in [0.717, 1.165) is 0 Å². The fourth-order valence-electron chi connectivity index (χ4n) is 3.21. The molecular weight excluding hydrogens is 465 g/mol. The fraction of sp³-hybridized carbons (Fsp3) is 0.304. The zero-order chi connectivity index (χ0) is 24.0. The quantitative estimate of drug-likeness (QED) is 0.415. The molecule has 0 bridgehead atoms. The molecule has 2 amide bonds. The van der Waals surface area contributed by atoms with E-state index in [1.54, 1.807) is 36.4 Å². The van der Waals surface area contributed by atoms with E-state index in [2.05, 4.69) is 20.8 Å². The smallest absolute Gasteiger partial charge is 0.253 e. The number of hydrogen-bond acceptors (Lipinski definition) is 5. The zero-order valence-corrected chi connectivity index (χ0v) is 20.1. The molecule has 0 saturated heterocycles. The zero-order valence-electron chi connectivity index (χ0n) is 18.5. The van der Waals surface area contributed by atoms with Crippen LogP contribution < -0.4 is 10.6 Å². The van der Waals surface area contributed by atoms with Gasteiger partial charge in [-0.3, -0.25) is 9.59 Å². The summed E-state index contributed by atoms with van der Waals surface area (Å²) in [7, 11) is 0. The number of nitrogens with one attached hydrogen (secondary N) is 2. The topological polar surface area (TPSA) is 88.9 Å². The summed E-state index contributed by atoms with van der Waals surface area (Å²) in [4.78, 5) is 25.1. The average molecular weight is 490 g/mol. The molecule has 174 valence electrons. The number of hydrogen-bond donors (Lipinski definition) is 2. The second-order valence-electron chi connectivity index (χ2n) is 7.58. The Morgan fingerprint density at radius 1 is 1.12 bits per heavy atom. The summed E-state index contributed by atoms with van der Waals surface area (Å²) in [5.74, 6) is -0.514. The molecule has 2 aromatic carbocycles. The molecule has 3 rings (SSSR count). The van der Waals surface area contributed by atoms with Gasteiger partial charge in [-0.25, -0.2) is 4.39 Å². The van der Waals surface area contributed by atoms with Crippen LogP contribution in [0.3, 0.4) is 0 Å². The third-order valence-electron chi connectivity index (χ3n) is 4.89. The van der Waals surface area contributed by atoms with Gasteiger partial charge < -0.3 is 15.2 Å². The lowest BCUT2D eigenvalue weighted by Gasteiger charge is -2.22. The van der Waals surface area contributed by atoms with Crippen LogP contribution in [0.5, 0.6) is 0 Å². The minimum atomic E-state index is -0.496.